The zero-order valence-corrected chi connectivity index (χ0v) is 15.0. The number of amides is 1. The van der Waals surface area contributed by atoms with E-state index < -0.39 is 17.8 Å². The van der Waals surface area contributed by atoms with Gasteiger partial charge < -0.3 is 24.8 Å². The quantitative estimate of drug-likeness (QED) is 0.880. The first-order valence-electron chi connectivity index (χ1n) is 8.23. The number of aliphatic hydroxyl groups is 1. The molecule has 1 aliphatic carbocycles. The largest absolute Gasteiger partial charge is 0.488 e. The van der Waals surface area contributed by atoms with Gasteiger partial charge in [-0.2, -0.15) is 0 Å². The van der Waals surface area contributed by atoms with Gasteiger partial charge in [0, 0.05) is 6.42 Å². The van der Waals surface area contributed by atoms with Gasteiger partial charge in [-0.05, 0) is 47.0 Å². The Morgan fingerprint density at radius 2 is 1.88 bits per heavy atom. The number of likely N-dealkylation sites (N-methyl/N-ethyl adjacent to an activating group) is 1. The molecule has 1 aromatic rings. The second kappa shape index (κ2) is 7.40. The van der Waals surface area contributed by atoms with Gasteiger partial charge in [0.1, 0.15) is 23.6 Å². The number of benzene rings is 1. The lowest BCUT2D eigenvalue weighted by Gasteiger charge is -2.30. The highest BCUT2D eigenvalue weighted by Gasteiger charge is 2.46. The van der Waals surface area contributed by atoms with E-state index >= 15 is 0 Å². The predicted octanol–water partition coefficient (Wildman–Crippen LogP) is 2.02. The second-order valence-corrected chi connectivity index (χ2v) is 7.40. The predicted molar refractivity (Wildman–Crippen MR) is 92.1 cm³/mol. The van der Waals surface area contributed by atoms with Crippen molar-refractivity contribution in [3.05, 3.63) is 30.3 Å². The molecular weight excluding hydrogens is 308 g/mol. The fourth-order valence-corrected chi connectivity index (χ4v) is 3.05. The van der Waals surface area contributed by atoms with Gasteiger partial charge in [0.15, 0.2) is 0 Å². The highest BCUT2D eigenvalue weighted by molar-refractivity contribution is 5.68. The lowest BCUT2D eigenvalue weighted by atomic mass is 10.1. The summed E-state index contributed by atoms with van der Waals surface area (Å²) in [5.74, 6) is 0.706. The lowest BCUT2D eigenvalue weighted by Crippen LogP contribution is -2.51. The second-order valence-electron chi connectivity index (χ2n) is 7.40. The van der Waals surface area contributed by atoms with Crippen molar-refractivity contribution in [2.45, 2.75) is 57.1 Å². The molecule has 134 valence electrons. The summed E-state index contributed by atoms with van der Waals surface area (Å²) in [5, 5.41) is 13.5. The number of nitrogens with zero attached hydrogens (tertiary/aromatic N) is 1. The minimum atomic E-state index is -0.708. The summed E-state index contributed by atoms with van der Waals surface area (Å²) in [6, 6.07) is 8.89. The van der Waals surface area contributed by atoms with Crippen molar-refractivity contribution in [2.24, 2.45) is 0 Å². The third kappa shape index (κ3) is 4.85. The van der Waals surface area contributed by atoms with Crippen LogP contribution >= 0.6 is 0 Å². The summed E-state index contributed by atoms with van der Waals surface area (Å²) in [7, 11) is 3.76. The van der Waals surface area contributed by atoms with Crippen molar-refractivity contribution in [3.63, 3.8) is 0 Å². The van der Waals surface area contributed by atoms with Crippen molar-refractivity contribution < 1.29 is 19.4 Å². The smallest absolute Gasteiger partial charge is 0.407 e. The normalized spacial score (nSPS) is 27.1. The van der Waals surface area contributed by atoms with Crippen LogP contribution in [0.1, 0.15) is 27.2 Å². The van der Waals surface area contributed by atoms with Crippen LogP contribution in [0, 0.1) is 0 Å². The third-order valence-corrected chi connectivity index (χ3v) is 3.96. The molecule has 0 saturated heterocycles. The van der Waals surface area contributed by atoms with E-state index in [4.69, 9.17) is 9.47 Å². The molecule has 2 rings (SSSR count). The molecule has 1 aliphatic rings. The summed E-state index contributed by atoms with van der Waals surface area (Å²) >= 11 is 0. The van der Waals surface area contributed by atoms with E-state index in [1.54, 1.807) is 0 Å². The first kappa shape index (κ1) is 18.5. The Balaban J connectivity index is 2.06. The summed E-state index contributed by atoms with van der Waals surface area (Å²) in [6.07, 6.45) is -1.06. The molecule has 24 heavy (non-hydrogen) atoms. The van der Waals surface area contributed by atoms with Crippen LogP contribution in [0.3, 0.4) is 0 Å². The van der Waals surface area contributed by atoms with Crippen LogP contribution in [0.4, 0.5) is 4.79 Å². The Bertz CT molecular complexity index is 542. The first-order chi connectivity index (χ1) is 11.2. The van der Waals surface area contributed by atoms with Gasteiger partial charge in [0.05, 0.1) is 12.1 Å². The number of nitrogens with one attached hydrogen (secondary N) is 1. The minimum Gasteiger partial charge on any atom is -0.488 e. The summed E-state index contributed by atoms with van der Waals surface area (Å²) < 4.78 is 11.2. The van der Waals surface area contributed by atoms with Gasteiger partial charge >= 0.3 is 6.09 Å². The van der Waals surface area contributed by atoms with Crippen molar-refractivity contribution in [1.29, 1.82) is 0 Å². The molecule has 0 bridgehead atoms. The zero-order valence-electron chi connectivity index (χ0n) is 15.0. The van der Waals surface area contributed by atoms with Gasteiger partial charge in [0.2, 0.25) is 0 Å². The standard InChI is InChI=1S/C18H28N2O4/c1-18(2,3)24-17(22)19-13-11-14(16(21)15(13)20(4)5)23-12-9-7-6-8-10-12/h6-10,13-16,21H,11H2,1-5H3,(H,19,22)/t13-,14-,15+,16+/m1/s1. The molecule has 1 saturated carbocycles. The molecule has 0 heterocycles. The molecule has 4 atom stereocenters. The van der Waals surface area contributed by atoms with E-state index in [2.05, 4.69) is 5.32 Å². The molecule has 1 aromatic carbocycles. The minimum absolute atomic E-state index is 0.244. The maximum absolute atomic E-state index is 12.1. The molecule has 1 amide bonds. The van der Waals surface area contributed by atoms with E-state index in [0.29, 0.717) is 12.2 Å². The molecule has 0 radical (unpaired) electrons. The van der Waals surface area contributed by atoms with E-state index in [1.165, 1.54) is 0 Å². The Kier molecular flexibility index (Phi) is 5.72. The van der Waals surface area contributed by atoms with Crippen LogP contribution in [0.2, 0.25) is 0 Å². The molecule has 2 N–H and O–H groups in total. The van der Waals surface area contributed by atoms with Gasteiger partial charge in [-0.1, -0.05) is 18.2 Å². The lowest BCUT2D eigenvalue weighted by molar-refractivity contribution is 0.0193. The Hall–Kier alpha value is -1.79. The molecule has 0 unspecified atom stereocenters. The van der Waals surface area contributed by atoms with Crippen LogP contribution in [0.15, 0.2) is 30.3 Å². The fourth-order valence-electron chi connectivity index (χ4n) is 3.05. The maximum atomic E-state index is 12.1. The molecule has 1 fully saturated rings. The molecule has 6 heteroatoms. The van der Waals surface area contributed by atoms with Crippen molar-refractivity contribution in [1.82, 2.24) is 10.2 Å². The van der Waals surface area contributed by atoms with E-state index in [1.807, 2.05) is 70.1 Å². The van der Waals surface area contributed by atoms with Crippen molar-refractivity contribution in [2.75, 3.05) is 14.1 Å². The summed E-state index contributed by atoms with van der Waals surface area (Å²) in [5.41, 5.74) is -0.561. The number of para-hydroxylation sites is 1. The monoisotopic (exact) mass is 336 g/mol. The van der Waals surface area contributed by atoms with E-state index in [9.17, 15) is 9.90 Å². The zero-order chi connectivity index (χ0) is 17.9. The average molecular weight is 336 g/mol. The molecule has 0 spiro atoms. The average Bonchev–Trinajstić information content (AvgIpc) is 2.73. The Morgan fingerprint density at radius 1 is 1.25 bits per heavy atom. The molecule has 0 aliphatic heterocycles. The SMILES string of the molecule is CN(C)[C@@H]1[C@@H](O)[C@H](Oc2ccccc2)C[C@H]1NC(=O)OC(C)(C)C. The van der Waals surface area contributed by atoms with Crippen LogP contribution in [0.25, 0.3) is 0 Å². The number of carbonyl (C=O) groups is 1. The number of carbonyl (C=O) groups excluding carboxylic acids is 1. The van der Waals surface area contributed by atoms with Crippen LogP contribution in [-0.4, -0.2) is 60.1 Å². The Morgan fingerprint density at radius 3 is 2.42 bits per heavy atom. The Labute approximate surface area is 143 Å². The highest BCUT2D eigenvalue weighted by atomic mass is 16.6. The van der Waals surface area contributed by atoms with E-state index in [-0.39, 0.29) is 18.2 Å². The number of hydrogen-bond acceptors (Lipinski definition) is 5. The topological polar surface area (TPSA) is 71.0 Å². The number of alkyl carbamates (subject to hydrolysis) is 1. The fraction of sp³-hybridized carbons (Fsp3) is 0.611. The first-order valence-corrected chi connectivity index (χ1v) is 8.23. The molecule has 6 nitrogen and oxygen atoms in total. The van der Waals surface area contributed by atoms with E-state index in [0.717, 1.165) is 0 Å². The maximum Gasteiger partial charge on any atom is 0.407 e. The van der Waals surface area contributed by atoms with Crippen LogP contribution < -0.4 is 10.1 Å². The summed E-state index contributed by atoms with van der Waals surface area (Å²) in [6.45, 7) is 5.46. The van der Waals surface area contributed by atoms with Crippen LogP contribution in [-0.2, 0) is 4.74 Å². The number of hydrogen-bond donors (Lipinski definition) is 2. The number of rotatable bonds is 4. The van der Waals surface area contributed by atoms with Gasteiger partial charge in [-0.15, -0.1) is 0 Å². The highest BCUT2D eigenvalue weighted by Crippen LogP contribution is 2.28. The van der Waals surface area contributed by atoms with Gasteiger partial charge in [-0.25, -0.2) is 4.79 Å². The molecular formula is C18H28N2O4. The van der Waals surface area contributed by atoms with Crippen molar-refractivity contribution >= 4 is 6.09 Å². The number of aliphatic hydroxyl groups excluding tert-OH is 1. The molecule has 0 aromatic heterocycles. The summed E-state index contributed by atoms with van der Waals surface area (Å²) in [4.78, 5) is 14.0. The van der Waals surface area contributed by atoms with Gasteiger partial charge in [-0.3, -0.25) is 0 Å². The van der Waals surface area contributed by atoms with Crippen LogP contribution in [0.5, 0.6) is 5.75 Å². The van der Waals surface area contributed by atoms with Crippen molar-refractivity contribution in [3.8, 4) is 5.75 Å². The van der Waals surface area contributed by atoms with Gasteiger partial charge in [0.25, 0.3) is 0 Å². The third-order valence-electron chi connectivity index (χ3n) is 3.96. The number of ether oxygens (including phenoxy) is 2.